The van der Waals surface area contributed by atoms with Crippen LogP contribution in [-0.2, 0) is 6.54 Å². The molecule has 8 N–H and O–H groups in total. The highest BCUT2D eigenvalue weighted by Crippen LogP contribution is 2.30. The maximum atomic E-state index is 12.7. The van der Waals surface area contributed by atoms with Gasteiger partial charge in [-0.3, -0.25) is 9.59 Å². The van der Waals surface area contributed by atoms with Crippen molar-refractivity contribution in [2.45, 2.75) is 16.5 Å². The number of H-pyrrole nitrogens is 1. The largest absolute Gasteiger partial charge is 0.399 e. The maximum absolute atomic E-state index is 12.7. The van der Waals surface area contributed by atoms with E-state index in [9.17, 15) is 9.59 Å². The summed E-state index contributed by atoms with van der Waals surface area (Å²) in [6.07, 6.45) is 3.27. The summed E-state index contributed by atoms with van der Waals surface area (Å²) in [6, 6.07) is 12.6. The van der Waals surface area contributed by atoms with Gasteiger partial charge in [0, 0.05) is 34.2 Å². The SMILES string of the molecule is NC(=O)c1cc(N)ccc1Sc1cnc(N)c(C(=O)NCc2c[nH]c3ccccc23)n1. The van der Waals surface area contributed by atoms with Gasteiger partial charge in [-0.25, -0.2) is 9.97 Å². The number of rotatable bonds is 6. The molecule has 0 bridgehead atoms. The molecule has 0 saturated heterocycles. The Hall–Kier alpha value is -4.05. The Morgan fingerprint density at radius 1 is 1.13 bits per heavy atom. The number of primary amides is 1. The molecule has 0 atom stereocenters. The summed E-state index contributed by atoms with van der Waals surface area (Å²) < 4.78 is 0. The van der Waals surface area contributed by atoms with E-state index in [1.165, 1.54) is 12.3 Å². The molecule has 0 spiro atoms. The zero-order valence-electron chi connectivity index (χ0n) is 16.3. The van der Waals surface area contributed by atoms with Gasteiger partial charge >= 0.3 is 0 Å². The summed E-state index contributed by atoms with van der Waals surface area (Å²) in [6.45, 7) is 0.297. The molecule has 0 aliphatic carbocycles. The molecule has 31 heavy (non-hydrogen) atoms. The topological polar surface area (TPSA) is 166 Å². The number of para-hydroxylation sites is 1. The van der Waals surface area contributed by atoms with Gasteiger partial charge in [0.05, 0.1) is 11.8 Å². The third-order valence-electron chi connectivity index (χ3n) is 4.59. The van der Waals surface area contributed by atoms with Gasteiger partial charge < -0.3 is 27.5 Å². The molecule has 156 valence electrons. The summed E-state index contributed by atoms with van der Waals surface area (Å²) in [5.41, 5.74) is 19.6. The maximum Gasteiger partial charge on any atom is 0.274 e. The van der Waals surface area contributed by atoms with Crippen molar-refractivity contribution in [2.24, 2.45) is 5.73 Å². The van der Waals surface area contributed by atoms with Gasteiger partial charge in [-0.1, -0.05) is 30.0 Å². The molecule has 4 aromatic rings. The third kappa shape index (κ3) is 4.28. The first-order valence-electron chi connectivity index (χ1n) is 9.25. The third-order valence-corrected chi connectivity index (χ3v) is 5.57. The fourth-order valence-electron chi connectivity index (χ4n) is 3.08. The molecule has 2 aromatic heterocycles. The van der Waals surface area contributed by atoms with Crippen LogP contribution in [0.15, 0.2) is 64.8 Å². The number of aromatic amines is 1. The number of fused-ring (bicyclic) bond motifs is 1. The van der Waals surface area contributed by atoms with E-state index in [2.05, 4.69) is 20.3 Å². The Bertz CT molecular complexity index is 1300. The van der Waals surface area contributed by atoms with Gasteiger partial charge in [0.2, 0.25) is 5.91 Å². The van der Waals surface area contributed by atoms with E-state index >= 15 is 0 Å². The number of nitrogen functional groups attached to an aromatic ring is 2. The Labute approximate surface area is 181 Å². The number of amides is 2. The molecule has 0 fully saturated rings. The average Bonchev–Trinajstić information content (AvgIpc) is 3.17. The second-order valence-corrected chi connectivity index (χ2v) is 7.77. The molecule has 0 aliphatic heterocycles. The molecule has 4 rings (SSSR count). The lowest BCUT2D eigenvalue weighted by atomic mass is 10.2. The van der Waals surface area contributed by atoms with Crippen molar-refractivity contribution in [3.05, 3.63) is 71.7 Å². The van der Waals surface area contributed by atoms with Gasteiger partial charge in [-0.2, -0.15) is 0 Å². The van der Waals surface area contributed by atoms with Crippen molar-refractivity contribution >= 4 is 46.0 Å². The van der Waals surface area contributed by atoms with Gasteiger partial charge in [0.1, 0.15) is 5.03 Å². The number of aromatic nitrogens is 3. The van der Waals surface area contributed by atoms with E-state index in [-0.39, 0.29) is 17.1 Å². The number of hydrogen-bond acceptors (Lipinski definition) is 7. The first-order valence-corrected chi connectivity index (χ1v) is 10.1. The predicted molar refractivity (Wildman–Crippen MR) is 119 cm³/mol. The van der Waals surface area contributed by atoms with Gasteiger partial charge in [-0.05, 0) is 29.8 Å². The molecule has 0 saturated carbocycles. The van der Waals surface area contributed by atoms with E-state index in [4.69, 9.17) is 17.2 Å². The van der Waals surface area contributed by atoms with E-state index in [0.29, 0.717) is 22.2 Å². The second-order valence-electron chi connectivity index (χ2n) is 6.71. The Morgan fingerprint density at radius 2 is 1.94 bits per heavy atom. The summed E-state index contributed by atoms with van der Waals surface area (Å²) in [5, 5.41) is 4.23. The fourth-order valence-corrected chi connectivity index (χ4v) is 3.95. The fraction of sp³-hybridized carbons (Fsp3) is 0.0476. The number of carbonyl (C=O) groups excluding carboxylic acids is 2. The summed E-state index contributed by atoms with van der Waals surface area (Å²) in [4.78, 5) is 36.5. The number of benzene rings is 2. The van der Waals surface area contributed by atoms with E-state index in [1.54, 1.807) is 12.1 Å². The number of anilines is 2. The molecule has 0 radical (unpaired) electrons. The van der Waals surface area contributed by atoms with Gasteiger partial charge in [0.25, 0.3) is 5.91 Å². The second kappa shape index (κ2) is 8.36. The smallest absolute Gasteiger partial charge is 0.274 e. The highest BCUT2D eigenvalue weighted by molar-refractivity contribution is 7.99. The van der Waals surface area contributed by atoms with Crippen molar-refractivity contribution in [3.63, 3.8) is 0 Å². The van der Waals surface area contributed by atoms with Crippen molar-refractivity contribution in [1.29, 1.82) is 0 Å². The van der Waals surface area contributed by atoms with Crippen LogP contribution in [0, 0.1) is 0 Å². The zero-order chi connectivity index (χ0) is 22.0. The Kier molecular flexibility index (Phi) is 5.46. The number of nitrogens with one attached hydrogen (secondary N) is 2. The van der Waals surface area contributed by atoms with E-state index in [0.717, 1.165) is 28.2 Å². The monoisotopic (exact) mass is 433 g/mol. The summed E-state index contributed by atoms with van der Waals surface area (Å²) >= 11 is 1.14. The minimum atomic E-state index is -0.616. The van der Waals surface area contributed by atoms with Crippen LogP contribution in [0.3, 0.4) is 0 Å². The minimum Gasteiger partial charge on any atom is -0.399 e. The Balaban J connectivity index is 1.54. The molecule has 0 aliphatic rings. The Morgan fingerprint density at radius 3 is 2.74 bits per heavy atom. The van der Waals surface area contributed by atoms with Crippen LogP contribution in [-0.4, -0.2) is 26.8 Å². The molecule has 2 heterocycles. The first kappa shape index (κ1) is 20.2. The van der Waals surface area contributed by atoms with Crippen molar-refractivity contribution in [1.82, 2.24) is 20.3 Å². The normalized spacial score (nSPS) is 10.8. The van der Waals surface area contributed by atoms with E-state index in [1.807, 2.05) is 30.5 Å². The van der Waals surface area contributed by atoms with Gasteiger partial charge in [-0.15, -0.1) is 0 Å². The van der Waals surface area contributed by atoms with Crippen LogP contribution in [0.25, 0.3) is 10.9 Å². The highest BCUT2D eigenvalue weighted by atomic mass is 32.2. The molecule has 2 aromatic carbocycles. The standard InChI is InChI=1S/C21H19N7O2S/c22-12-5-6-16(14(7-12)20(24)29)31-17-10-26-19(23)18(28-17)21(30)27-9-11-8-25-15-4-2-1-3-13(11)15/h1-8,10,25H,9,22H2,(H2,23,26)(H2,24,29)(H,27,30). The predicted octanol–water partition coefficient (Wildman–Crippen LogP) is 2.30. The van der Waals surface area contributed by atoms with Crippen molar-refractivity contribution in [2.75, 3.05) is 11.5 Å². The summed E-state index contributed by atoms with van der Waals surface area (Å²) in [5.74, 6) is -1.06. The molecular formula is C21H19N7O2S. The van der Waals surface area contributed by atoms with Crippen LogP contribution < -0.4 is 22.5 Å². The highest BCUT2D eigenvalue weighted by Gasteiger charge is 2.17. The lowest BCUT2D eigenvalue weighted by molar-refractivity contribution is 0.0944. The van der Waals surface area contributed by atoms with Crippen LogP contribution >= 0.6 is 11.8 Å². The number of carbonyl (C=O) groups is 2. The molecule has 10 heteroatoms. The molecule has 2 amide bonds. The number of hydrogen-bond donors (Lipinski definition) is 5. The summed E-state index contributed by atoms with van der Waals surface area (Å²) in [7, 11) is 0. The van der Waals surface area contributed by atoms with Crippen LogP contribution in [0.1, 0.15) is 26.4 Å². The lowest BCUT2D eigenvalue weighted by Gasteiger charge is -2.10. The number of nitrogens with zero attached hydrogens (tertiary/aromatic N) is 2. The van der Waals surface area contributed by atoms with Crippen LogP contribution in [0.5, 0.6) is 0 Å². The van der Waals surface area contributed by atoms with Gasteiger partial charge in [0.15, 0.2) is 11.5 Å². The molecule has 9 nitrogen and oxygen atoms in total. The quantitative estimate of drug-likeness (QED) is 0.291. The van der Waals surface area contributed by atoms with Crippen LogP contribution in [0.2, 0.25) is 0 Å². The van der Waals surface area contributed by atoms with Crippen molar-refractivity contribution < 1.29 is 9.59 Å². The molecule has 0 unspecified atom stereocenters. The minimum absolute atomic E-state index is 0.000844. The first-order chi connectivity index (χ1) is 14.9. The van der Waals surface area contributed by atoms with Crippen LogP contribution in [0.4, 0.5) is 11.5 Å². The lowest BCUT2D eigenvalue weighted by Crippen LogP contribution is -2.25. The average molecular weight is 433 g/mol. The van der Waals surface area contributed by atoms with Crippen molar-refractivity contribution in [3.8, 4) is 0 Å². The molecular weight excluding hydrogens is 414 g/mol. The van der Waals surface area contributed by atoms with E-state index < -0.39 is 11.8 Å². The zero-order valence-corrected chi connectivity index (χ0v) is 17.1. The number of nitrogens with two attached hydrogens (primary N) is 3.